The first-order valence-electron chi connectivity index (χ1n) is 6.54. The first kappa shape index (κ1) is 16.0. The Morgan fingerprint density at radius 1 is 1.14 bits per heavy atom. The Bertz CT molecular complexity index is 725. The number of ketones is 1. The number of allylic oxidation sites excluding steroid dienone is 1. The van der Waals surface area contributed by atoms with Crippen molar-refractivity contribution in [3.8, 4) is 5.75 Å². The highest BCUT2D eigenvalue weighted by Gasteiger charge is 2.04. The van der Waals surface area contributed by atoms with Crippen LogP contribution in [0.4, 0.5) is 0 Å². The molecule has 0 saturated heterocycles. The van der Waals surface area contributed by atoms with Crippen LogP contribution in [0, 0.1) is 0 Å². The van der Waals surface area contributed by atoms with Crippen LogP contribution in [-0.4, -0.2) is 18.3 Å². The van der Waals surface area contributed by atoms with Crippen LogP contribution in [0.5, 0.6) is 5.75 Å². The number of ether oxygens (including phenoxy) is 1. The van der Waals surface area contributed by atoms with E-state index in [4.69, 9.17) is 10.5 Å². The van der Waals surface area contributed by atoms with Crippen LogP contribution in [0.2, 0.25) is 0 Å². The number of carbonyl (C=O) groups excluding carboxylic acids is 2. The average molecular weight is 360 g/mol. The zero-order valence-corrected chi connectivity index (χ0v) is 13.2. The molecule has 112 valence electrons. The van der Waals surface area contributed by atoms with E-state index in [9.17, 15) is 9.59 Å². The second-order valence-electron chi connectivity index (χ2n) is 4.54. The minimum absolute atomic E-state index is 0.149. The van der Waals surface area contributed by atoms with E-state index in [1.54, 1.807) is 30.3 Å². The summed E-state index contributed by atoms with van der Waals surface area (Å²) in [4.78, 5) is 22.8. The Balaban J connectivity index is 2.09. The van der Waals surface area contributed by atoms with Gasteiger partial charge in [-0.1, -0.05) is 46.3 Å². The lowest BCUT2D eigenvalue weighted by atomic mass is 10.1. The maximum absolute atomic E-state index is 12.1. The number of primary amides is 1. The molecule has 4 nitrogen and oxygen atoms in total. The third-order valence-corrected chi connectivity index (χ3v) is 3.27. The van der Waals surface area contributed by atoms with Gasteiger partial charge in [0.2, 0.25) is 0 Å². The number of rotatable bonds is 6. The molecule has 0 radical (unpaired) electrons. The molecule has 0 atom stereocenters. The highest BCUT2D eigenvalue weighted by atomic mass is 79.9. The summed E-state index contributed by atoms with van der Waals surface area (Å²) in [6.45, 7) is -0.217. The topological polar surface area (TPSA) is 69.4 Å². The summed E-state index contributed by atoms with van der Waals surface area (Å²) in [6, 6.07) is 14.2. The number of hydrogen-bond donors (Lipinski definition) is 1. The summed E-state index contributed by atoms with van der Waals surface area (Å²) in [7, 11) is 0. The van der Waals surface area contributed by atoms with Crippen LogP contribution in [0.3, 0.4) is 0 Å². The van der Waals surface area contributed by atoms with Crippen LogP contribution in [-0.2, 0) is 4.79 Å². The highest BCUT2D eigenvalue weighted by Crippen LogP contribution is 2.16. The Labute approximate surface area is 136 Å². The molecule has 0 aliphatic rings. The standard InChI is InChI=1S/C17H14BrNO3/c18-14-5-1-3-12(9-14)7-8-16(20)13-4-2-6-15(10-13)22-11-17(19)21/h1-10H,11H2,(H2,19,21)/b8-7+. The molecular formula is C17H14BrNO3. The van der Waals surface area contributed by atoms with E-state index in [-0.39, 0.29) is 12.4 Å². The van der Waals surface area contributed by atoms with E-state index in [2.05, 4.69) is 15.9 Å². The van der Waals surface area contributed by atoms with E-state index >= 15 is 0 Å². The van der Waals surface area contributed by atoms with Crippen LogP contribution in [0.1, 0.15) is 15.9 Å². The number of nitrogens with two attached hydrogens (primary N) is 1. The van der Waals surface area contributed by atoms with E-state index in [0.29, 0.717) is 11.3 Å². The molecule has 2 aromatic rings. The molecule has 0 aliphatic carbocycles. The molecule has 0 bridgehead atoms. The summed E-state index contributed by atoms with van der Waals surface area (Å²) >= 11 is 3.38. The Hall–Kier alpha value is -2.40. The summed E-state index contributed by atoms with van der Waals surface area (Å²) in [5.74, 6) is -0.281. The van der Waals surface area contributed by atoms with Gasteiger partial charge in [-0.25, -0.2) is 0 Å². The predicted molar refractivity (Wildman–Crippen MR) is 88.6 cm³/mol. The molecule has 22 heavy (non-hydrogen) atoms. The quantitative estimate of drug-likeness (QED) is 0.635. The minimum Gasteiger partial charge on any atom is -0.484 e. The summed E-state index contributed by atoms with van der Waals surface area (Å²) in [6.07, 6.45) is 3.24. The van der Waals surface area contributed by atoms with Gasteiger partial charge >= 0.3 is 0 Å². The number of amides is 1. The average Bonchev–Trinajstić information content (AvgIpc) is 2.51. The first-order valence-corrected chi connectivity index (χ1v) is 7.33. The summed E-state index contributed by atoms with van der Waals surface area (Å²) in [5.41, 5.74) is 6.42. The second kappa shape index (κ2) is 7.56. The molecular weight excluding hydrogens is 346 g/mol. The lowest BCUT2D eigenvalue weighted by Crippen LogP contribution is -2.20. The van der Waals surface area contributed by atoms with Crippen molar-refractivity contribution < 1.29 is 14.3 Å². The molecule has 1 amide bonds. The number of halogens is 1. The molecule has 0 fully saturated rings. The summed E-state index contributed by atoms with van der Waals surface area (Å²) < 4.78 is 6.13. The summed E-state index contributed by atoms with van der Waals surface area (Å²) in [5, 5.41) is 0. The van der Waals surface area contributed by atoms with Crippen molar-refractivity contribution in [2.45, 2.75) is 0 Å². The molecule has 5 heteroatoms. The third kappa shape index (κ3) is 4.86. The Morgan fingerprint density at radius 3 is 2.64 bits per heavy atom. The predicted octanol–water partition coefficient (Wildman–Crippen LogP) is 3.21. The zero-order valence-electron chi connectivity index (χ0n) is 11.7. The fourth-order valence-electron chi connectivity index (χ4n) is 1.77. The van der Waals surface area contributed by atoms with Crippen LogP contribution >= 0.6 is 15.9 Å². The molecule has 0 heterocycles. The van der Waals surface area contributed by atoms with E-state index in [1.165, 1.54) is 6.08 Å². The van der Waals surface area contributed by atoms with E-state index in [1.807, 2.05) is 24.3 Å². The monoisotopic (exact) mass is 359 g/mol. The van der Waals surface area contributed by atoms with Crippen molar-refractivity contribution in [1.29, 1.82) is 0 Å². The van der Waals surface area contributed by atoms with Gasteiger partial charge in [0.05, 0.1) is 0 Å². The molecule has 0 unspecified atom stereocenters. The van der Waals surface area contributed by atoms with Gasteiger partial charge in [-0.3, -0.25) is 9.59 Å². The van der Waals surface area contributed by atoms with Gasteiger partial charge in [0.25, 0.3) is 5.91 Å². The molecule has 0 saturated carbocycles. The zero-order chi connectivity index (χ0) is 15.9. The van der Waals surface area contributed by atoms with Crippen LogP contribution in [0.25, 0.3) is 6.08 Å². The van der Waals surface area contributed by atoms with Gasteiger partial charge in [-0.2, -0.15) is 0 Å². The smallest absolute Gasteiger partial charge is 0.255 e. The van der Waals surface area contributed by atoms with E-state index < -0.39 is 5.91 Å². The molecule has 0 spiro atoms. The maximum Gasteiger partial charge on any atom is 0.255 e. The molecule has 2 N–H and O–H groups in total. The van der Waals surface area contributed by atoms with Crippen LogP contribution < -0.4 is 10.5 Å². The second-order valence-corrected chi connectivity index (χ2v) is 5.45. The largest absolute Gasteiger partial charge is 0.484 e. The molecule has 0 aliphatic heterocycles. The molecule has 2 aromatic carbocycles. The Kier molecular flexibility index (Phi) is 5.49. The Morgan fingerprint density at radius 2 is 1.91 bits per heavy atom. The fraction of sp³-hybridized carbons (Fsp3) is 0.0588. The van der Waals surface area contributed by atoms with Gasteiger partial charge in [0, 0.05) is 10.0 Å². The van der Waals surface area contributed by atoms with Crippen molar-refractivity contribution in [3.05, 3.63) is 70.2 Å². The number of hydrogen-bond acceptors (Lipinski definition) is 3. The van der Waals surface area contributed by atoms with E-state index in [0.717, 1.165) is 10.0 Å². The van der Waals surface area contributed by atoms with Gasteiger partial charge in [-0.15, -0.1) is 0 Å². The highest BCUT2D eigenvalue weighted by molar-refractivity contribution is 9.10. The first-order chi connectivity index (χ1) is 10.5. The maximum atomic E-state index is 12.1. The van der Waals surface area contributed by atoms with Crippen molar-refractivity contribution >= 4 is 33.7 Å². The van der Waals surface area contributed by atoms with Crippen molar-refractivity contribution in [2.75, 3.05) is 6.61 Å². The SMILES string of the molecule is NC(=O)COc1cccc(C(=O)/C=C/c2cccc(Br)c2)c1. The minimum atomic E-state index is -0.564. The lowest BCUT2D eigenvalue weighted by Gasteiger charge is -2.04. The number of benzene rings is 2. The normalized spacial score (nSPS) is 10.6. The van der Waals surface area contributed by atoms with Gasteiger partial charge < -0.3 is 10.5 Å². The van der Waals surface area contributed by atoms with Gasteiger partial charge in [0.1, 0.15) is 5.75 Å². The fourth-order valence-corrected chi connectivity index (χ4v) is 2.19. The van der Waals surface area contributed by atoms with Crippen molar-refractivity contribution in [2.24, 2.45) is 5.73 Å². The van der Waals surface area contributed by atoms with Crippen LogP contribution in [0.15, 0.2) is 59.1 Å². The van der Waals surface area contributed by atoms with Gasteiger partial charge in [-0.05, 0) is 35.9 Å². The third-order valence-electron chi connectivity index (χ3n) is 2.78. The van der Waals surface area contributed by atoms with Gasteiger partial charge in [0.15, 0.2) is 12.4 Å². The van der Waals surface area contributed by atoms with Crippen molar-refractivity contribution in [1.82, 2.24) is 0 Å². The lowest BCUT2D eigenvalue weighted by molar-refractivity contribution is -0.119. The van der Waals surface area contributed by atoms with Crippen molar-refractivity contribution in [3.63, 3.8) is 0 Å². The number of carbonyl (C=O) groups is 2. The molecule has 0 aromatic heterocycles. The molecule has 2 rings (SSSR count).